The van der Waals surface area contributed by atoms with Gasteiger partial charge < -0.3 is 5.32 Å². The molecule has 18 heavy (non-hydrogen) atoms. The summed E-state index contributed by atoms with van der Waals surface area (Å²) in [7, 11) is 0. The quantitative estimate of drug-likeness (QED) is 0.730. The first kappa shape index (κ1) is 15.7. The predicted molar refractivity (Wildman–Crippen MR) is 80.9 cm³/mol. The van der Waals surface area contributed by atoms with Crippen LogP contribution in [0.5, 0.6) is 0 Å². The highest BCUT2D eigenvalue weighted by Crippen LogP contribution is 2.20. The van der Waals surface area contributed by atoms with Gasteiger partial charge in [-0.2, -0.15) is 0 Å². The molecule has 1 aliphatic rings. The molecule has 1 N–H and O–H groups in total. The molecule has 0 aromatic carbocycles. The molecule has 2 nitrogen and oxygen atoms in total. The van der Waals surface area contributed by atoms with Gasteiger partial charge in [0.1, 0.15) is 0 Å². The van der Waals surface area contributed by atoms with Crippen LogP contribution in [0.4, 0.5) is 0 Å². The number of hydrogen-bond donors (Lipinski definition) is 1. The van der Waals surface area contributed by atoms with Crippen LogP contribution in [0.25, 0.3) is 0 Å². The number of rotatable bonds is 6. The molecule has 0 aromatic rings. The maximum atomic E-state index is 3.76. The molecule has 1 heterocycles. The fraction of sp³-hybridized carbons (Fsp3) is 0.875. The SMILES string of the molecule is C/C=C/CCN1CC(C(C)CC)NCC1C(C)C. The minimum atomic E-state index is 0.676. The van der Waals surface area contributed by atoms with Crippen LogP contribution in [0.2, 0.25) is 0 Å². The Morgan fingerprint density at radius 3 is 2.61 bits per heavy atom. The van der Waals surface area contributed by atoms with Gasteiger partial charge in [0.25, 0.3) is 0 Å². The molecule has 3 atom stereocenters. The lowest BCUT2D eigenvalue weighted by atomic mass is 9.92. The van der Waals surface area contributed by atoms with Crippen LogP contribution >= 0.6 is 0 Å². The molecule has 0 radical (unpaired) electrons. The van der Waals surface area contributed by atoms with Gasteiger partial charge in [-0.15, -0.1) is 0 Å². The summed E-state index contributed by atoms with van der Waals surface area (Å²) < 4.78 is 0. The van der Waals surface area contributed by atoms with E-state index < -0.39 is 0 Å². The summed E-state index contributed by atoms with van der Waals surface area (Å²) in [5, 5.41) is 3.76. The van der Waals surface area contributed by atoms with Gasteiger partial charge in [0.05, 0.1) is 0 Å². The van der Waals surface area contributed by atoms with E-state index in [1.807, 2.05) is 0 Å². The Kier molecular flexibility index (Phi) is 6.95. The zero-order valence-electron chi connectivity index (χ0n) is 12.9. The van der Waals surface area contributed by atoms with Gasteiger partial charge in [-0.1, -0.05) is 46.3 Å². The Balaban J connectivity index is 2.58. The molecule has 0 spiro atoms. The molecule has 1 saturated heterocycles. The number of piperazine rings is 1. The Morgan fingerprint density at radius 1 is 1.33 bits per heavy atom. The van der Waals surface area contributed by atoms with Gasteiger partial charge >= 0.3 is 0 Å². The van der Waals surface area contributed by atoms with E-state index in [1.165, 1.54) is 25.9 Å². The van der Waals surface area contributed by atoms with E-state index in [2.05, 4.69) is 57.0 Å². The standard InChI is InChI=1S/C16H32N2/c1-6-8-9-10-18-12-15(14(5)7-2)17-11-16(18)13(3)4/h6,8,13-17H,7,9-12H2,1-5H3/b8-6+. The molecule has 1 rings (SSSR count). The van der Waals surface area contributed by atoms with Crippen molar-refractivity contribution in [1.29, 1.82) is 0 Å². The topological polar surface area (TPSA) is 15.3 Å². The first-order chi connectivity index (χ1) is 8.60. The summed E-state index contributed by atoms with van der Waals surface area (Å²) in [4.78, 5) is 2.71. The first-order valence-electron chi connectivity index (χ1n) is 7.68. The molecule has 0 bridgehead atoms. The average molecular weight is 252 g/mol. The molecule has 1 aliphatic heterocycles. The molecular weight excluding hydrogens is 220 g/mol. The minimum absolute atomic E-state index is 0.676. The van der Waals surface area contributed by atoms with Crippen LogP contribution in [0, 0.1) is 11.8 Å². The van der Waals surface area contributed by atoms with Gasteiger partial charge in [0, 0.05) is 31.7 Å². The van der Waals surface area contributed by atoms with Gasteiger partial charge in [-0.25, -0.2) is 0 Å². The fourth-order valence-electron chi connectivity index (χ4n) is 2.84. The fourth-order valence-corrected chi connectivity index (χ4v) is 2.84. The zero-order valence-corrected chi connectivity index (χ0v) is 12.9. The van der Waals surface area contributed by atoms with Crippen molar-refractivity contribution in [3.05, 3.63) is 12.2 Å². The molecule has 0 saturated carbocycles. The van der Waals surface area contributed by atoms with Gasteiger partial charge in [0.15, 0.2) is 0 Å². The van der Waals surface area contributed by atoms with E-state index in [9.17, 15) is 0 Å². The van der Waals surface area contributed by atoms with E-state index >= 15 is 0 Å². The van der Waals surface area contributed by atoms with Crippen molar-refractivity contribution in [2.45, 2.75) is 59.5 Å². The number of nitrogens with one attached hydrogen (secondary N) is 1. The van der Waals surface area contributed by atoms with E-state index in [0.717, 1.165) is 18.4 Å². The van der Waals surface area contributed by atoms with Crippen LogP contribution in [-0.2, 0) is 0 Å². The maximum Gasteiger partial charge on any atom is 0.0244 e. The predicted octanol–water partition coefficient (Wildman–Crippen LogP) is 3.30. The van der Waals surface area contributed by atoms with Gasteiger partial charge in [-0.05, 0) is 25.2 Å². The summed E-state index contributed by atoms with van der Waals surface area (Å²) in [6.07, 6.45) is 6.91. The van der Waals surface area contributed by atoms with Crippen molar-refractivity contribution in [1.82, 2.24) is 10.2 Å². The highest BCUT2D eigenvalue weighted by Gasteiger charge is 2.30. The molecule has 1 fully saturated rings. The van der Waals surface area contributed by atoms with E-state index in [-0.39, 0.29) is 0 Å². The third-order valence-corrected chi connectivity index (χ3v) is 4.41. The van der Waals surface area contributed by atoms with Crippen molar-refractivity contribution >= 4 is 0 Å². The lowest BCUT2D eigenvalue weighted by Crippen LogP contribution is -2.59. The molecular formula is C16H32N2. The Morgan fingerprint density at radius 2 is 2.06 bits per heavy atom. The van der Waals surface area contributed by atoms with Crippen molar-refractivity contribution < 1.29 is 0 Å². The molecule has 0 aliphatic carbocycles. The van der Waals surface area contributed by atoms with E-state index in [4.69, 9.17) is 0 Å². The second kappa shape index (κ2) is 7.96. The van der Waals surface area contributed by atoms with Crippen LogP contribution in [0.3, 0.4) is 0 Å². The molecule has 106 valence electrons. The maximum absolute atomic E-state index is 3.76. The Labute approximate surface area is 114 Å². The van der Waals surface area contributed by atoms with Gasteiger partial charge in [-0.3, -0.25) is 4.90 Å². The Bertz CT molecular complexity index is 247. The van der Waals surface area contributed by atoms with Crippen LogP contribution in [0.15, 0.2) is 12.2 Å². The third-order valence-electron chi connectivity index (χ3n) is 4.41. The van der Waals surface area contributed by atoms with Crippen LogP contribution in [-0.4, -0.2) is 36.6 Å². The average Bonchev–Trinajstić information content (AvgIpc) is 2.37. The molecule has 0 amide bonds. The molecule has 0 aromatic heterocycles. The van der Waals surface area contributed by atoms with Gasteiger partial charge in [0.2, 0.25) is 0 Å². The minimum Gasteiger partial charge on any atom is -0.311 e. The zero-order chi connectivity index (χ0) is 13.5. The first-order valence-corrected chi connectivity index (χ1v) is 7.68. The largest absolute Gasteiger partial charge is 0.311 e. The van der Waals surface area contributed by atoms with Crippen molar-refractivity contribution in [3.63, 3.8) is 0 Å². The number of nitrogens with zero attached hydrogens (tertiary/aromatic N) is 1. The number of hydrogen-bond acceptors (Lipinski definition) is 2. The normalized spacial score (nSPS) is 28.1. The third kappa shape index (κ3) is 4.40. The smallest absolute Gasteiger partial charge is 0.0244 e. The molecule has 3 unspecified atom stereocenters. The monoisotopic (exact) mass is 252 g/mol. The van der Waals surface area contributed by atoms with E-state index in [0.29, 0.717) is 12.1 Å². The number of allylic oxidation sites excluding steroid dienone is 1. The summed E-state index contributed by atoms with van der Waals surface area (Å²) in [5.74, 6) is 1.52. The summed E-state index contributed by atoms with van der Waals surface area (Å²) in [5.41, 5.74) is 0. The lowest BCUT2D eigenvalue weighted by Gasteiger charge is -2.44. The van der Waals surface area contributed by atoms with Crippen LogP contribution in [0.1, 0.15) is 47.5 Å². The highest BCUT2D eigenvalue weighted by molar-refractivity contribution is 4.91. The Hall–Kier alpha value is -0.340. The summed E-state index contributed by atoms with van der Waals surface area (Å²) in [6.45, 7) is 15.1. The summed E-state index contributed by atoms with van der Waals surface area (Å²) in [6, 6.07) is 1.38. The van der Waals surface area contributed by atoms with E-state index in [1.54, 1.807) is 0 Å². The second-order valence-corrected chi connectivity index (χ2v) is 6.06. The summed E-state index contributed by atoms with van der Waals surface area (Å²) >= 11 is 0. The van der Waals surface area contributed by atoms with Crippen molar-refractivity contribution in [3.8, 4) is 0 Å². The second-order valence-electron chi connectivity index (χ2n) is 6.06. The van der Waals surface area contributed by atoms with Crippen molar-refractivity contribution in [2.75, 3.05) is 19.6 Å². The van der Waals surface area contributed by atoms with Crippen LogP contribution < -0.4 is 5.32 Å². The lowest BCUT2D eigenvalue weighted by molar-refractivity contribution is 0.0837. The highest BCUT2D eigenvalue weighted by atomic mass is 15.2. The van der Waals surface area contributed by atoms with Crippen molar-refractivity contribution in [2.24, 2.45) is 11.8 Å². The molecule has 2 heteroatoms.